The molecule has 2 rings (SSSR count). The quantitative estimate of drug-likeness (QED) is 0.655. The van der Waals surface area contributed by atoms with Gasteiger partial charge in [-0.15, -0.1) is 0 Å². The molecule has 1 aliphatic rings. The second-order valence-corrected chi connectivity index (χ2v) is 6.58. The van der Waals surface area contributed by atoms with Crippen molar-refractivity contribution in [3.63, 3.8) is 0 Å². The third-order valence-corrected chi connectivity index (χ3v) is 3.38. The summed E-state index contributed by atoms with van der Waals surface area (Å²) in [4.78, 5) is 21.5. The van der Waals surface area contributed by atoms with Gasteiger partial charge in [-0.05, 0) is 39.7 Å². The smallest absolute Gasteiger partial charge is 0.407 e. The molecule has 8 heteroatoms. The van der Waals surface area contributed by atoms with Crippen LogP contribution in [-0.2, 0) is 4.74 Å². The van der Waals surface area contributed by atoms with Gasteiger partial charge in [0, 0.05) is 18.2 Å². The maximum Gasteiger partial charge on any atom is 0.407 e. The first kappa shape index (κ1) is 17.0. The Morgan fingerprint density at radius 2 is 2.00 bits per heavy atom. The number of nitro benzene ring substituents is 1. The fourth-order valence-corrected chi connectivity index (χ4v) is 2.28. The van der Waals surface area contributed by atoms with Crippen LogP contribution in [0.4, 0.5) is 20.6 Å². The lowest BCUT2D eigenvalue weighted by molar-refractivity contribution is -0.385. The fraction of sp³-hybridized carbons (Fsp3) is 0.533. The molecule has 7 nitrogen and oxygen atoms in total. The maximum absolute atomic E-state index is 13.8. The van der Waals surface area contributed by atoms with E-state index in [0.29, 0.717) is 12.8 Å². The number of nitro groups is 1. The summed E-state index contributed by atoms with van der Waals surface area (Å²) in [6, 6.07) is 3.47. The van der Waals surface area contributed by atoms with Crippen LogP contribution in [0.15, 0.2) is 18.2 Å². The van der Waals surface area contributed by atoms with Crippen LogP contribution in [0.3, 0.4) is 0 Å². The van der Waals surface area contributed by atoms with E-state index in [0.717, 1.165) is 6.07 Å². The lowest BCUT2D eigenvalue weighted by Crippen LogP contribution is -2.50. The van der Waals surface area contributed by atoms with E-state index in [-0.39, 0.29) is 23.5 Å². The maximum atomic E-state index is 13.8. The molecule has 0 unspecified atom stereocenters. The number of carbonyl (C=O) groups excluding carboxylic acids is 1. The average molecular weight is 325 g/mol. The minimum Gasteiger partial charge on any atom is -0.444 e. The zero-order valence-corrected chi connectivity index (χ0v) is 13.3. The van der Waals surface area contributed by atoms with Crippen molar-refractivity contribution < 1.29 is 18.8 Å². The van der Waals surface area contributed by atoms with E-state index in [9.17, 15) is 19.3 Å². The van der Waals surface area contributed by atoms with Crippen molar-refractivity contribution in [2.24, 2.45) is 0 Å². The number of non-ortho nitro benzene ring substituents is 1. The van der Waals surface area contributed by atoms with E-state index in [1.165, 1.54) is 12.1 Å². The Hall–Kier alpha value is -2.38. The van der Waals surface area contributed by atoms with Gasteiger partial charge in [0.05, 0.1) is 16.7 Å². The van der Waals surface area contributed by atoms with E-state index in [1.807, 2.05) is 0 Å². The minimum atomic E-state index is -0.664. The second kappa shape index (κ2) is 6.39. The highest BCUT2D eigenvalue weighted by atomic mass is 19.1. The van der Waals surface area contributed by atoms with Crippen molar-refractivity contribution in [2.45, 2.75) is 51.3 Å². The van der Waals surface area contributed by atoms with Crippen molar-refractivity contribution in [3.8, 4) is 0 Å². The van der Waals surface area contributed by atoms with Gasteiger partial charge >= 0.3 is 6.09 Å². The van der Waals surface area contributed by atoms with E-state index in [2.05, 4.69) is 10.6 Å². The number of nitrogens with one attached hydrogen (secondary N) is 2. The summed E-state index contributed by atoms with van der Waals surface area (Å²) in [5, 5.41) is 16.3. The zero-order chi connectivity index (χ0) is 17.2. The van der Waals surface area contributed by atoms with Crippen LogP contribution >= 0.6 is 0 Å². The molecule has 1 saturated carbocycles. The summed E-state index contributed by atoms with van der Waals surface area (Å²) in [5.41, 5.74) is -0.615. The number of carbonyl (C=O) groups is 1. The van der Waals surface area contributed by atoms with Crippen molar-refractivity contribution in [2.75, 3.05) is 5.32 Å². The van der Waals surface area contributed by atoms with E-state index >= 15 is 0 Å². The van der Waals surface area contributed by atoms with Gasteiger partial charge in [-0.3, -0.25) is 10.1 Å². The Balaban J connectivity index is 1.80. The molecule has 126 valence electrons. The van der Waals surface area contributed by atoms with Crippen LogP contribution in [0.2, 0.25) is 0 Å². The Morgan fingerprint density at radius 3 is 2.52 bits per heavy atom. The van der Waals surface area contributed by atoms with Crippen LogP contribution in [0.1, 0.15) is 33.6 Å². The number of amides is 1. The monoisotopic (exact) mass is 325 g/mol. The molecular weight excluding hydrogens is 305 g/mol. The van der Waals surface area contributed by atoms with Crippen molar-refractivity contribution >= 4 is 17.5 Å². The first-order valence-corrected chi connectivity index (χ1v) is 7.34. The lowest BCUT2D eigenvalue weighted by Gasteiger charge is -2.37. The molecule has 1 aliphatic carbocycles. The van der Waals surface area contributed by atoms with Gasteiger partial charge in [0.15, 0.2) is 5.82 Å². The highest BCUT2D eigenvalue weighted by molar-refractivity contribution is 5.68. The number of hydrogen-bond acceptors (Lipinski definition) is 5. The molecule has 0 aliphatic heterocycles. The molecular formula is C15H20FN3O4. The summed E-state index contributed by atoms with van der Waals surface area (Å²) >= 11 is 0. The van der Waals surface area contributed by atoms with Gasteiger partial charge < -0.3 is 15.4 Å². The third-order valence-electron chi connectivity index (χ3n) is 3.38. The molecule has 1 fully saturated rings. The summed E-state index contributed by atoms with van der Waals surface area (Å²) in [7, 11) is 0. The average Bonchev–Trinajstić information content (AvgIpc) is 2.35. The second-order valence-electron chi connectivity index (χ2n) is 6.58. The van der Waals surface area contributed by atoms with Gasteiger partial charge in [-0.1, -0.05) is 0 Å². The fourth-order valence-electron chi connectivity index (χ4n) is 2.28. The normalized spacial score (nSPS) is 20.3. The van der Waals surface area contributed by atoms with Crippen LogP contribution in [0, 0.1) is 15.9 Å². The summed E-state index contributed by atoms with van der Waals surface area (Å²) in [6.07, 6.45) is 0.799. The van der Waals surface area contributed by atoms with Gasteiger partial charge in [-0.2, -0.15) is 0 Å². The largest absolute Gasteiger partial charge is 0.444 e. The number of benzene rings is 1. The Labute approximate surface area is 133 Å². The number of nitrogens with zero attached hydrogens (tertiary/aromatic N) is 1. The molecule has 1 aromatic carbocycles. The van der Waals surface area contributed by atoms with Crippen LogP contribution in [0.25, 0.3) is 0 Å². The van der Waals surface area contributed by atoms with Crippen LogP contribution in [-0.4, -0.2) is 28.7 Å². The predicted molar refractivity (Wildman–Crippen MR) is 82.9 cm³/mol. The molecule has 2 N–H and O–H groups in total. The number of alkyl carbamates (subject to hydrolysis) is 1. The zero-order valence-electron chi connectivity index (χ0n) is 13.3. The summed E-state index contributed by atoms with van der Waals surface area (Å²) in [6.45, 7) is 5.36. The molecule has 0 atom stereocenters. The van der Waals surface area contributed by atoms with Crippen molar-refractivity contribution in [3.05, 3.63) is 34.1 Å². The summed E-state index contributed by atoms with van der Waals surface area (Å²) < 4.78 is 18.9. The predicted octanol–water partition coefficient (Wildman–Crippen LogP) is 3.20. The van der Waals surface area contributed by atoms with Crippen molar-refractivity contribution in [1.29, 1.82) is 0 Å². The standard InChI is InChI=1S/C15H20FN3O4/c1-15(2,3)23-14(20)18-10-6-9(7-10)17-13-5-4-11(19(21)22)8-12(13)16/h4-5,8-10,17H,6-7H2,1-3H3,(H,18,20). The Bertz CT molecular complexity index is 609. The first-order valence-electron chi connectivity index (χ1n) is 7.34. The molecule has 0 aromatic heterocycles. The van der Waals surface area contributed by atoms with Crippen LogP contribution in [0.5, 0.6) is 0 Å². The third kappa shape index (κ3) is 4.80. The molecule has 1 amide bonds. The number of ether oxygens (including phenoxy) is 1. The molecule has 1 aromatic rings. The number of halogens is 1. The molecule has 0 bridgehead atoms. The van der Waals surface area contributed by atoms with E-state index in [4.69, 9.17) is 4.74 Å². The van der Waals surface area contributed by atoms with E-state index in [1.54, 1.807) is 20.8 Å². The first-order chi connectivity index (χ1) is 10.6. The molecule has 0 heterocycles. The van der Waals surface area contributed by atoms with Gasteiger partial charge in [0.25, 0.3) is 5.69 Å². The molecule has 0 saturated heterocycles. The molecule has 0 spiro atoms. The van der Waals surface area contributed by atoms with Gasteiger partial charge in [0.2, 0.25) is 0 Å². The number of rotatable bonds is 4. The molecule has 23 heavy (non-hydrogen) atoms. The van der Waals surface area contributed by atoms with Crippen molar-refractivity contribution in [1.82, 2.24) is 5.32 Å². The van der Waals surface area contributed by atoms with Gasteiger partial charge in [0.1, 0.15) is 5.60 Å². The highest BCUT2D eigenvalue weighted by Crippen LogP contribution is 2.27. The summed E-state index contributed by atoms with van der Waals surface area (Å²) in [5.74, 6) is -0.664. The Kier molecular flexibility index (Phi) is 4.72. The number of anilines is 1. The van der Waals surface area contributed by atoms with E-state index < -0.39 is 22.4 Å². The minimum absolute atomic E-state index is 0.00546. The molecule has 0 radical (unpaired) electrons. The Morgan fingerprint density at radius 1 is 1.35 bits per heavy atom. The number of hydrogen-bond donors (Lipinski definition) is 2. The van der Waals surface area contributed by atoms with Crippen LogP contribution < -0.4 is 10.6 Å². The SMILES string of the molecule is CC(C)(C)OC(=O)NC1CC(Nc2ccc([N+](=O)[O-])cc2F)C1. The lowest BCUT2D eigenvalue weighted by atomic mass is 9.86. The topological polar surface area (TPSA) is 93.5 Å². The highest BCUT2D eigenvalue weighted by Gasteiger charge is 2.32. The van der Waals surface area contributed by atoms with Gasteiger partial charge in [-0.25, -0.2) is 9.18 Å².